The molecule has 0 spiro atoms. The van der Waals surface area contributed by atoms with Crippen molar-refractivity contribution in [3.63, 3.8) is 0 Å². The van der Waals surface area contributed by atoms with Crippen LogP contribution in [0.3, 0.4) is 0 Å². The highest BCUT2D eigenvalue weighted by Crippen LogP contribution is 2.25. The molecule has 0 aromatic heterocycles. The summed E-state index contributed by atoms with van der Waals surface area (Å²) >= 11 is 0. The number of carbonyl (C=O) groups excluding carboxylic acids is 2. The van der Waals surface area contributed by atoms with Gasteiger partial charge in [0.15, 0.2) is 6.04 Å². The third kappa shape index (κ3) is 2.86. The number of benzene rings is 1. The van der Waals surface area contributed by atoms with Crippen LogP contribution in [0.1, 0.15) is 40.5 Å². The van der Waals surface area contributed by atoms with Crippen molar-refractivity contribution >= 4 is 17.8 Å². The van der Waals surface area contributed by atoms with E-state index in [1.807, 2.05) is 0 Å². The van der Waals surface area contributed by atoms with Crippen LogP contribution in [0.4, 0.5) is 0 Å². The molecule has 0 bridgehead atoms. The molecule has 10 heteroatoms. The highest BCUT2D eigenvalue weighted by molar-refractivity contribution is 6.21. The predicted molar refractivity (Wildman–Crippen MR) is 80.9 cm³/mol. The smallest absolute Gasteiger partial charge is 0.332 e. The molecule has 1 saturated heterocycles. The Morgan fingerprint density at radius 3 is 2.52 bits per heavy atom. The number of hydrazine groups is 1. The summed E-state index contributed by atoms with van der Waals surface area (Å²) in [6.45, 7) is 1.63. The number of nitrogens with zero attached hydrogens (tertiary/aromatic N) is 4. The first-order valence-electron chi connectivity index (χ1n) is 7.72. The fourth-order valence-corrected chi connectivity index (χ4v) is 2.95. The molecule has 2 aliphatic rings. The zero-order valence-corrected chi connectivity index (χ0v) is 13.4. The van der Waals surface area contributed by atoms with Crippen LogP contribution in [0.2, 0.25) is 0 Å². The Hall–Kier alpha value is -3.17. The van der Waals surface area contributed by atoms with E-state index in [4.69, 9.17) is 9.94 Å². The number of hydrogen-bond acceptors (Lipinski definition) is 6. The zero-order chi connectivity index (χ0) is 18.1. The number of carbonyl (C=O) groups is 3. The molecule has 1 unspecified atom stereocenters. The monoisotopic (exact) mass is 348 g/mol. The Morgan fingerprint density at radius 1 is 1.36 bits per heavy atom. The van der Waals surface area contributed by atoms with Crippen LogP contribution in [0.15, 0.2) is 29.5 Å². The van der Waals surface area contributed by atoms with Crippen LogP contribution in [0, 0.1) is 5.21 Å². The SMILES string of the molecule is CC(ON=[N+]([O-])N1CCC[C@H]1C(=O)O)N1C(=O)c2ccccc2C1=O. The molecule has 2 heterocycles. The van der Waals surface area contributed by atoms with Gasteiger partial charge in [0.25, 0.3) is 11.8 Å². The number of aliphatic carboxylic acids is 1. The summed E-state index contributed by atoms with van der Waals surface area (Å²) in [7, 11) is 0. The second-order valence-electron chi connectivity index (χ2n) is 5.72. The lowest BCUT2D eigenvalue weighted by Gasteiger charge is -2.20. The second-order valence-corrected chi connectivity index (χ2v) is 5.72. The molecule has 2 aliphatic heterocycles. The Bertz CT molecular complexity index is 729. The van der Waals surface area contributed by atoms with Crippen molar-refractivity contribution in [1.29, 1.82) is 0 Å². The molecule has 0 saturated carbocycles. The molecular weight excluding hydrogens is 332 g/mol. The summed E-state index contributed by atoms with van der Waals surface area (Å²) < 4.78 is 0. The topological polar surface area (TPSA) is 126 Å². The minimum Gasteiger partial charge on any atom is -0.569 e. The highest BCUT2D eigenvalue weighted by Gasteiger charge is 2.40. The molecule has 0 aliphatic carbocycles. The summed E-state index contributed by atoms with van der Waals surface area (Å²) in [4.78, 5) is 41.6. The van der Waals surface area contributed by atoms with Gasteiger partial charge in [-0.2, -0.15) is 0 Å². The van der Waals surface area contributed by atoms with Crippen LogP contribution < -0.4 is 0 Å². The quantitative estimate of drug-likeness (QED) is 0.364. The van der Waals surface area contributed by atoms with Crippen LogP contribution in [-0.2, 0) is 9.63 Å². The lowest BCUT2D eigenvalue weighted by molar-refractivity contribution is -0.713. The number of fused-ring (bicyclic) bond motifs is 1. The molecule has 25 heavy (non-hydrogen) atoms. The second kappa shape index (κ2) is 6.38. The van der Waals surface area contributed by atoms with Gasteiger partial charge in [-0.3, -0.25) is 9.59 Å². The first-order chi connectivity index (χ1) is 11.9. The van der Waals surface area contributed by atoms with Crippen molar-refractivity contribution in [2.24, 2.45) is 5.28 Å². The van der Waals surface area contributed by atoms with Crippen LogP contribution in [0.25, 0.3) is 0 Å². The number of rotatable bonds is 5. The van der Waals surface area contributed by atoms with Crippen molar-refractivity contribution < 1.29 is 29.3 Å². The average molecular weight is 348 g/mol. The standard InChI is InChI=1S/C15H16N4O6/c1-9(18-13(20)10-5-2-3-6-11(10)14(18)21)25-16-19(24)17-8-4-7-12(17)15(22)23/h2-3,5-6,9,12H,4,7-8H2,1H3,(H,22,23)/t9?,12-/m0/s1. The van der Waals surface area contributed by atoms with E-state index in [9.17, 15) is 19.6 Å². The molecular formula is C15H16N4O6. The molecule has 2 atom stereocenters. The molecule has 1 N–H and O–H groups in total. The van der Waals surface area contributed by atoms with Gasteiger partial charge in [-0.25, -0.2) is 9.69 Å². The van der Waals surface area contributed by atoms with E-state index in [1.165, 1.54) is 19.1 Å². The van der Waals surface area contributed by atoms with Crippen molar-refractivity contribution in [2.45, 2.75) is 32.0 Å². The van der Waals surface area contributed by atoms with E-state index in [1.54, 1.807) is 12.1 Å². The Morgan fingerprint density at radius 2 is 1.96 bits per heavy atom. The Balaban J connectivity index is 1.71. The van der Waals surface area contributed by atoms with Gasteiger partial charge < -0.3 is 15.2 Å². The molecule has 132 valence electrons. The van der Waals surface area contributed by atoms with Gasteiger partial charge in [0.05, 0.1) is 22.6 Å². The summed E-state index contributed by atoms with van der Waals surface area (Å²) in [5, 5.41) is 25.3. The molecule has 1 aromatic carbocycles. The zero-order valence-electron chi connectivity index (χ0n) is 13.4. The van der Waals surface area contributed by atoms with Gasteiger partial charge in [0.1, 0.15) is 0 Å². The maximum Gasteiger partial charge on any atom is 0.332 e. The summed E-state index contributed by atoms with van der Waals surface area (Å²) in [5.74, 6) is -2.20. The maximum atomic E-state index is 12.3. The predicted octanol–water partition coefficient (Wildman–Crippen LogP) is 0.987. The first-order valence-corrected chi connectivity index (χ1v) is 7.72. The van der Waals surface area contributed by atoms with Crippen molar-refractivity contribution in [1.82, 2.24) is 9.91 Å². The normalized spacial score (nSPS) is 21.5. The number of hydrogen-bond donors (Lipinski definition) is 1. The molecule has 1 aromatic rings. The third-order valence-corrected chi connectivity index (χ3v) is 4.19. The number of carboxylic acids is 1. The van der Waals surface area contributed by atoms with Crippen molar-refractivity contribution in [3.8, 4) is 0 Å². The molecule has 0 radical (unpaired) electrons. The van der Waals surface area contributed by atoms with Gasteiger partial charge in [0, 0.05) is 0 Å². The van der Waals surface area contributed by atoms with Crippen LogP contribution in [-0.4, -0.2) is 56.6 Å². The molecule has 3 rings (SSSR count). The average Bonchev–Trinajstić information content (AvgIpc) is 3.17. The van der Waals surface area contributed by atoms with Gasteiger partial charge in [-0.1, -0.05) is 12.1 Å². The van der Waals surface area contributed by atoms with E-state index in [0.29, 0.717) is 12.8 Å². The Labute approximate surface area is 142 Å². The summed E-state index contributed by atoms with van der Waals surface area (Å²) in [6.07, 6.45) is -0.244. The molecule has 2 amide bonds. The van der Waals surface area contributed by atoms with Gasteiger partial charge in [-0.15, -0.1) is 5.01 Å². The fraction of sp³-hybridized carbons (Fsp3) is 0.400. The largest absolute Gasteiger partial charge is 0.569 e. The lowest BCUT2D eigenvalue weighted by atomic mass is 10.1. The third-order valence-electron chi connectivity index (χ3n) is 4.19. The van der Waals surface area contributed by atoms with E-state index < -0.39 is 30.1 Å². The summed E-state index contributed by atoms with van der Waals surface area (Å²) in [5.41, 5.74) is 0.514. The van der Waals surface area contributed by atoms with Crippen LogP contribution >= 0.6 is 0 Å². The fourth-order valence-electron chi connectivity index (χ4n) is 2.95. The van der Waals surface area contributed by atoms with E-state index in [2.05, 4.69) is 5.28 Å². The van der Waals surface area contributed by atoms with Crippen molar-refractivity contribution in [2.75, 3.05) is 6.54 Å². The van der Waals surface area contributed by atoms with Crippen LogP contribution in [0.5, 0.6) is 0 Å². The van der Waals surface area contributed by atoms with Gasteiger partial charge in [0.2, 0.25) is 11.5 Å². The minimum absolute atomic E-state index is 0.0560. The molecule has 1 fully saturated rings. The Kier molecular flexibility index (Phi) is 4.26. The minimum atomic E-state index is -1.12. The van der Waals surface area contributed by atoms with Gasteiger partial charge >= 0.3 is 5.97 Å². The molecule has 10 nitrogen and oxygen atoms in total. The van der Waals surface area contributed by atoms with E-state index in [0.717, 1.165) is 9.91 Å². The maximum absolute atomic E-state index is 12.3. The van der Waals surface area contributed by atoms with E-state index >= 15 is 0 Å². The number of amides is 2. The number of imide groups is 1. The first kappa shape index (κ1) is 16.7. The van der Waals surface area contributed by atoms with E-state index in [-0.39, 0.29) is 22.6 Å². The van der Waals surface area contributed by atoms with Gasteiger partial charge in [-0.05, 0) is 31.9 Å². The van der Waals surface area contributed by atoms with Crippen molar-refractivity contribution in [3.05, 3.63) is 40.6 Å². The number of carboxylic acid groups (broad SMARTS) is 1. The highest BCUT2D eigenvalue weighted by atomic mass is 16.7. The lowest BCUT2D eigenvalue weighted by Crippen LogP contribution is -2.42. The summed E-state index contributed by atoms with van der Waals surface area (Å²) in [6, 6.07) is 5.37.